The first-order valence-electron chi connectivity index (χ1n) is 33.5. The molecule has 6 N–H and O–H groups in total. The van der Waals surface area contributed by atoms with Gasteiger partial charge in [0.05, 0.1) is 113 Å². The van der Waals surface area contributed by atoms with Gasteiger partial charge in [-0.15, -0.1) is 0 Å². The Kier molecular flexibility index (Phi) is 35.8. The van der Waals surface area contributed by atoms with E-state index in [2.05, 4.69) is 10.6 Å². The van der Waals surface area contributed by atoms with Gasteiger partial charge in [-0.05, 0) is 99.0 Å². The predicted molar refractivity (Wildman–Crippen MR) is 364 cm³/mol. The average Bonchev–Trinajstić information content (AvgIpc) is 1.42. The van der Waals surface area contributed by atoms with Gasteiger partial charge in [-0.25, -0.2) is 0 Å². The Morgan fingerprint density at radius 3 is 1.86 bits per heavy atom. The zero-order chi connectivity index (χ0) is 69.4. The van der Waals surface area contributed by atoms with Gasteiger partial charge in [0, 0.05) is 83.2 Å². The topological polar surface area (TPSA) is 287 Å². The Hall–Kier alpha value is -6.50. The second-order valence-electron chi connectivity index (χ2n) is 25.9. The summed E-state index contributed by atoms with van der Waals surface area (Å²) in [6.45, 7) is 18.5. The van der Waals surface area contributed by atoms with Gasteiger partial charge in [0.15, 0.2) is 17.3 Å². The standard InChI is InChI=1S/C72H111N7O15/c1-14-49(6)68(78(11)72(87)57(47(2)3)43-63(82)67(48(4)5)77(9)10)65(88-12)44-66(84)79-31-18-22-61(79)69(89-13)51(8)71(86)76-60(41-52-20-16-15-17-21-52)64(83)46-94-45-53-24-27-55(28-25-53)75-70(85)50(7)40-56(80)30-33-91-35-37-93-39-38-92-36-34-90-32-19-23-62(81)54-26-29-58(73)59(74)42-54/h15-17,20-21,24-29,42,47-51,57,60-61,65,67-69H,14,18-19,22-23,30-41,43-46,73-74H2,1-13H3,(H,75,85)(H,76,86)/t49-,50-,51+,57-,60-,61-,65+,67-,68-,69+/m0/s1. The molecule has 0 spiro atoms. The first-order chi connectivity index (χ1) is 44.8. The van der Waals surface area contributed by atoms with Crippen molar-refractivity contribution in [1.29, 1.82) is 0 Å². The van der Waals surface area contributed by atoms with Gasteiger partial charge in [-0.2, -0.15) is 0 Å². The summed E-state index contributed by atoms with van der Waals surface area (Å²) in [5.41, 5.74) is 15.0. The maximum Gasteiger partial charge on any atom is 0.227 e. The third-order valence-corrected chi connectivity index (χ3v) is 17.8. The van der Waals surface area contributed by atoms with Gasteiger partial charge < -0.3 is 65.1 Å². The van der Waals surface area contributed by atoms with Gasteiger partial charge in [0.2, 0.25) is 23.6 Å². The third-order valence-electron chi connectivity index (χ3n) is 17.8. The van der Waals surface area contributed by atoms with Gasteiger partial charge in [0.1, 0.15) is 12.4 Å². The lowest BCUT2D eigenvalue weighted by atomic mass is 9.83. The summed E-state index contributed by atoms with van der Waals surface area (Å²) in [5, 5.41) is 5.87. The van der Waals surface area contributed by atoms with E-state index >= 15 is 0 Å². The van der Waals surface area contributed by atoms with E-state index in [4.69, 9.17) is 44.6 Å². The minimum Gasteiger partial charge on any atom is -0.397 e. The quantitative estimate of drug-likeness (QED) is 0.0236. The molecule has 1 aliphatic heterocycles. The fourth-order valence-corrected chi connectivity index (χ4v) is 12.2. The fraction of sp³-hybridized carbons (Fsp3) is 0.639. The zero-order valence-electron chi connectivity index (χ0n) is 58.3. The van der Waals surface area contributed by atoms with Crippen molar-refractivity contribution in [3.8, 4) is 0 Å². The number of Topliss-reactive ketones (excluding diaryl/α,β-unsaturated/α-hetero) is 4. The summed E-state index contributed by atoms with van der Waals surface area (Å²) in [5.74, 6) is -3.55. The third kappa shape index (κ3) is 26.3. The van der Waals surface area contributed by atoms with Crippen LogP contribution < -0.4 is 22.1 Å². The van der Waals surface area contributed by atoms with Crippen LogP contribution in [0.3, 0.4) is 0 Å². The van der Waals surface area contributed by atoms with Crippen LogP contribution in [0.1, 0.15) is 135 Å². The summed E-state index contributed by atoms with van der Waals surface area (Å²) in [6.07, 6.45) is 2.00. The fourth-order valence-electron chi connectivity index (χ4n) is 12.2. The van der Waals surface area contributed by atoms with Crippen molar-refractivity contribution in [2.45, 2.75) is 163 Å². The predicted octanol–water partition coefficient (Wildman–Crippen LogP) is 8.06. The van der Waals surface area contributed by atoms with Crippen LogP contribution in [0.2, 0.25) is 0 Å². The van der Waals surface area contributed by atoms with Gasteiger partial charge in [-0.3, -0.25) is 43.3 Å². The molecule has 4 amide bonds. The molecule has 1 saturated heterocycles. The van der Waals surface area contributed by atoms with E-state index in [0.717, 1.165) is 11.1 Å². The molecule has 1 heterocycles. The molecule has 3 aromatic carbocycles. The minimum atomic E-state index is -0.949. The van der Waals surface area contributed by atoms with Gasteiger partial charge in [0.25, 0.3) is 0 Å². The summed E-state index contributed by atoms with van der Waals surface area (Å²) >= 11 is 0. The normalized spacial score (nSPS) is 16.2. The van der Waals surface area contributed by atoms with Crippen LogP contribution in [0.5, 0.6) is 0 Å². The maximum atomic E-state index is 14.6. The molecule has 4 rings (SSSR count). The van der Waals surface area contributed by atoms with Crippen molar-refractivity contribution >= 4 is 63.8 Å². The molecule has 22 nitrogen and oxygen atoms in total. The number of ketones is 4. The number of hydrogen-bond acceptors (Lipinski definition) is 18. The molecule has 0 unspecified atom stereocenters. The number of ether oxygens (including phenoxy) is 7. The highest BCUT2D eigenvalue weighted by atomic mass is 16.6. The number of nitrogens with zero attached hydrogens (tertiary/aromatic N) is 3. The Balaban J connectivity index is 1.21. The van der Waals surface area contributed by atoms with E-state index < -0.39 is 54.0 Å². The summed E-state index contributed by atoms with van der Waals surface area (Å²) < 4.78 is 40.3. The monoisotopic (exact) mass is 1310 g/mol. The largest absolute Gasteiger partial charge is 0.397 e. The second-order valence-corrected chi connectivity index (χ2v) is 25.9. The lowest BCUT2D eigenvalue weighted by Crippen LogP contribution is -2.55. The number of benzene rings is 3. The van der Waals surface area contributed by atoms with Crippen LogP contribution >= 0.6 is 0 Å². The van der Waals surface area contributed by atoms with E-state index in [-0.39, 0.29) is 117 Å². The molecule has 0 aliphatic carbocycles. The molecule has 1 fully saturated rings. The second kappa shape index (κ2) is 42.1. The Morgan fingerprint density at radius 1 is 0.660 bits per heavy atom. The summed E-state index contributed by atoms with van der Waals surface area (Å²) in [4.78, 5) is 115. The Labute approximate surface area is 558 Å². The molecule has 22 heteroatoms. The van der Waals surface area contributed by atoms with E-state index in [1.807, 2.05) is 90.9 Å². The first kappa shape index (κ1) is 79.9. The SMILES string of the molecule is CC[C@H](C)[C@@H]([C@@H](CC(=O)N1CCC[C@H]1[C@H](OC)[C@@H](C)C(=O)N[C@@H](Cc1ccccc1)C(=O)COCc1ccc(NC(=O)[C@@H](C)CC(=O)CCOCCOCCOCCOCCCC(=O)c2ccc(N)c(N)c2)cc1)OC)N(C)C(=O)[C@@H](CC(=O)[C@H](C(C)C)N(C)C)C(C)C. The number of nitrogen functional groups attached to an aromatic ring is 2. The van der Waals surface area contributed by atoms with Crippen molar-refractivity contribution in [2.24, 2.45) is 35.5 Å². The van der Waals surface area contributed by atoms with Gasteiger partial charge >= 0.3 is 0 Å². The number of nitrogens with one attached hydrogen (secondary N) is 2. The highest BCUT2D eigenvalue weighted by Crippen LogP contribution is 2.32. The maximum absolute atomic E-state index is 14.6. The number of anilines is 3. The molecule has 524 valence electrons. The minimum absolute atomic E-state index is 0.0190. The van der Waals surface area contributed by atoms with E-state index in [9.17, 15) is 38.4 Å². The smallest absolute Gasteiger partial charge is 0.227 e. The molecular weight excluding hydrogens is 1200 g/mol. The van der Waals surface area contributed by atoms with Crippen molar-refractivity contribution in [3.63, 3.8) is 0 Å². The molecule has 0 bridgehead atoms. The van der Waals surface area contributed by atoms with E-state index in [1.54, 1.807) is 80.3 Å². The molecule has 3 aromatic rings. The number of likely N-dealkylation sites (tertiary alicyclic amines) is 1. The molecule has 10 atom stereocenters. The van der Waals surface area contributed by atoms with Crippen molar-refractivity contribution < 1.29 is 71.5 Å². The average molecular weight is 1310 g/mol. The lowest BCUT2D eigenvalue weighted by Gasteiger charge is -2.41. The number of carbonyl (C=O) groups excluding carboxylic acids is 8. The molecule has 1 aliphatic rings. The Bertz CT molecular complexity index is 2810. The number of rotatable bonds is 47. The first-order valence-corrected chi connectivity index (χ1v) is 33.5. The molecule has 0 aromatic heterocycles. The van der Waals surface area contributed by atoms with Crippen LogP contribution in [0.4, 0.5) is 17.1 Å². The summed E-state index contributed by atoms with van der Waals surface area (Å²) in [6, 6.07) is 19.0. The van der Waals surface area contributed by atoms with Crippen LogP contribution in [-0.4, -0.2) is 199 Å². The van der Waals surface area contributed by atoms with Crippen LogP contribution in [0, 0.1) is 35.5 Å². The Morgan fingerprint density at radius 2 is 1.29 bits per heavy atom. The lowest BCUT2D eigenvalue weighted by molar-refractivity contribution is -0.149. The van der Waals surface area contributed by atoms with Crippen molar-refractivity contribution in [2.75, 3.05) is 118 Å². The highest BCUT2D eigenvalue weighted by Gasteiger charge is 2.44. The number of methoxy groups -OCH3 is 2. The number of carbonyl (C=O) groups is 8. The van der Waals surface area contributed by atoms with Gasteiger partial charge in [-0.1, -0.05) is 104 Å². The number of likely N-dealkylation sites (N-methyl/N-ethyl adjacent to an activating group) is 2. The number of hydrogen-bond donors (Lipinski definition) is 4. The summed E-state index contributed by atoms with van der Waals surface area (Å²) in [7, 11) is 8.60. The zero-order valence-corrected chi connectivity index (χ0v) is 58.3. The molecule has 0 saturated carbocycles. The number of amides is 4. The van der Waals surface area contributed by atoms with Crippen molar-refractivity contribution in [1.82, 2.24) is 20.0 Å². The van der Waals surface area contributed by atoms with Crippen LogP contribution in [-0.2, 0) is 79.7 Å². The molecular formula is C72H111N7O15. The van der Waals surface area contributed by atoms with Crippen LogP contribution in [0.15, 0.2) is 72.8 Å². The van der Waals surface area contributed by atoms with Crippen LogP contribution in [0.25, 0.3) is 0 Å². The van der Waals surface area contributed by atoms with E-state index in [1.165, 1.54) is 7.11 Å². The van der Waals surface area contributed by atoms with E-state index in [0.29, 0.717) is 108 Å². The molecule has 94 heavy (non-hydrogen) atoms. The van der Waals surface area contributed by atoms with Crippen molar-refractivity contribution in [3.05, 3.63) is 89.5 Å². The number of nitrogens with two attached hydrogens (primary N) is 2. The highest BCUT2D eigenvalue weighted by molar-refractivity contribution is 5.98. The molecule has 0 radical (unpaired) electrons.